The number of carbonyl (C=O) groups excluding carboxylic acids is 2. The minimum atomic E-state index is -0.503. The molecule has 3 unspecified atom stereocenters. The van der Waals surface area contributed by atoms with Crippen LogP contribution in [0.2, 0.25) is 0 Å². The van der Waals surface area contributed by atoms with Crippen LogP contribution in [-0.2, 0) is 29.1 Å². The molecule has 35 nitrogen and oxygen atoms in total. The number of nitrogens with zero attached hydrogens (tertiary/aromatic N) is 21. The van der Waals surface area contributed by atoms with Gasteiger partial charge in [-0.25, -0.2) is 66.6 Å². The number of alkyl carbamates (subject to hydrolysis) is 2. The Labute approximate surface area is 766 Å². The van der Waals surface area contributed by atoms with Gasteiger partial charge in [0.2, 0.25) is 0 Å². The number of hydrogen-bond acceptors (Lipinski definition) is 26. The van der Waals surface area contributed by atoms with Crippen molar-refractivity contribution in [3.8, 4) is 34.5 Å². The summed E-state index contributed by atoms with van der Waals surface area (Å²) in [7, 11) is 0. The van der Waals surface area contributed by atoms with Crippen molar-refractivity contribution < 1.29 is 37.8 Å². The van der Waals surface area contributed by atoms with Crippen LogP contribution in [0.1, 0.15) is 173 Å². The van der Waals surface area contributed by atoms with Gasteiger partial charge in [0.05, 0.1) is 19.6 Å². The third kappa shape index (κ3) is 20.6. The Morgan fingerprint density at radius 1 is 0.409 bits per heavy atom. The van der Waals surface area contributed by atoms with Crippen LogP contribution in [-0.4, -0.2) is 199 Å². The van der Waals surface area contributed by atoms with Gasteiger partial charge < -0.3 is 65.8 Å². The minimum absolute atomic E-state index is 0.130. The van der Waals surface area contributed by atoms with Crippen LogP contribution in [0.3, 0.4) is 0 Å². The maximum Gasteiger partial charge on any atom is 0.407 e. The molecule has 0 saturated carbocycles. The molecular weight excluding hydrogens is 1670 g/mol. The van der Waals surface area contributed by atoms with Gasteiger partial charge in [-0.3, -0.25) is 9.80 Å². The predicted molar refractivity (Wildman–Crippen MR) is 504 cm³/mol. The first-order valence-corrected chi connectivity index (χ1v) is 46.1. The molecule has 6 saturated heterocycles. The Balaban J connectivity index is 0.000000123. The average Bonchev–Trinajstić information content (AvgIpc) is 1.61. The fourth-order valence-electron chi connectivity index (χ4n) is 19.7. The lowest BCUT2D eigenvalue weighted by atomic mass is 9.97. The average molecular weight is 1790 g/mol. The molecule has 132 heavy (non-hydrogen) atoms. The van der Waals surface area contributed by atoms with Crippen molar-refractivity contribution in [2.45, 2.75) is 245 Å². The van der Waals surface area contributed by atoms with Crippen LogP contribution < -0.4 is 51.8 Å². The van der Waals surface area contributed by atoms with E-state index in [2.05, 4.69) is 159 Å². The molecule has 0 aliphatic carbocycles. The number of ether oxygens (including phenoxy) is 5. The first-order chi connectivity index (χ1) is 63.7. The number of anilines is 6. The van der Waals surface area contributed by atoms with E-state index in [-0.39, 0.29) is 24.3 Å². The fourth-order valence-corrected chi connectivity index (χ4v) is 19.7. The van der Waals surface area contributed by atoms with Crippen LogP contribution in [0.15, 0.2) is 184 Å². The third-order valence-electron chi connectivity index (χ3n) is 26.3. The quantitative estimate of drug-likeness (QED) is 0.0292. The van der Waals surface area contributed by atoms with E-state index in [1.807, 2.05) is 186 Å². The van der Waals surface area contributed by atoms with Crippen LogP contribution in [0.4, 0.5) is 44.1 Å². The summed E-state index contributed by atoms with van der Waals surface area (Å²) < 4.78 is 41.0. The molecule has 6 fully saturated rings. The lowest BCUT2D eigenvalue weighted by Crippen LogP contribution is -2.50. The molecule has 18 heterocycles. The molecule has 6 aliphatic rings. The van der Waals surface area contributed by atoms with E-state index in [4.69, 9.17) is 29.4 Å². The Hall–Kier alpha value is -13.5. The molecule has 0 radical (unpaired) electrons. The number of benzene rings is 3. The second-order valence-corrected chi connectivity index (χ2v) is 37.7. The highest BCUT2D eigenvalue weighted by atomic mass is 16.6. The summed E-state index contributed by atoms with van der Waals surface area (Å²) in [5.41, 5.74) is 20.0. The standard InChI is InChI=1S/C32H37N9O3.C27H29N9O.C26H31N8O.C12H22N2O2/c1-20-13-22(5-8-27(20)43-26-10-12-40-28(16-26)33-18-35-40)37-30-29-21(9-11-41(29)36-19-34-30)17-39-24-6-7-25(39)15-23(14-24)38-31(42)44-32(2,3)4;1-17-10-20(2-5-24(17)37-23-7-9-35-25(13-23)29-15-31-35)33-27-26-18(6-8-36(26)32-16-30-27)14-34-21-3-4-22(34)12-19(28)11-21;1-5-34(6-2,7-3)16-20-10-12-33-25(20)26(28-18-30-33)31-21-8-9-23(19(4)14-21)35-22-11-13-32-24(15-22)27-17-29-32;1-12(2,3)16-11(15)14-10-6-8-4-5-9(7-10)13-8/h5,8-13,16,18-19,23-25H,6-7,14-15,17H2,1-4H3,(H,38,42)(H,34,36,37);2,5-10,13,15-16,19,21-22H,3-4,11-12,14,28H2,1H3,(H,30,32,33);8-15,17-18H,5-7,16H2,1-4H3,(H,28,30,31);8-10,13H,4-7H2,1-3H3,(H,14,15)/q;;+1;/t23?,24-,25+;19?,21-,22+;;8-,9+,10?. The lowest BCUT2D eigenvalue weighted by molar-refractivity contribution is -0.936. The number of fused-ring (bicyclic) bond motifs is 12. The maximum absolute atomic E-state index is 12.4. The Bertz CT molecular complexity index is 6550. The van der Waals surface area contributed by atoms with Gasteiger partial charge in [-0.15, -0.1) is 0 Å². The number of nitrogens with one attached hydrogen (secondary N) is 6. The summed E-state index contributed by atoms with van der Waals surface area (Å²) >= 11 is 0. The molecule has 6 bridgehead atoms. The number of piperidine rings is 3. The minimum Gasteiger partial charge on any atom is -0.457 e. The predicted octanol–water partition coefficient (Wildman–Crippen LogP) is 16.5. The van der Waals surface area contributed by atoms with Gasteiger partial charge in [0.15, 0.2) is 34.4 Å². The van der Waals surface area contributed by atoms with Gasteiger partial charge in [-0.2, -0.15) is 30.6 Å². The molecule has 15 aromatic rings. The smallest absolute Gasteiger partial charge is 0.407 e. The van der Waals surface area contributed by atoms with E-state index < -0.39 is 11.2 Å². The molecule has 3 aromatic carbocycles. The Morgan fingerprint density at radius 2 is 0.735 bits per heavy atom. The zero-order chi connectivity index (χ0) is 91.5. The van der Waals surface area contributed by atoms with Gasteiger partial charge in [0.1, 0.15) is 107 Å². The first-order valence-electron chi connectivity index (χ1n) is 46.1. The van der Waals surface area contributed by atoms with Crippen molar-refractivity contribution in [3.63, 3.8) is 0 Å². The zero-order valence-electron chi connectivity index (χ0n) is 77.1. The van der Waals surface area contributed by atoms with E-state index in [0.717, 1.165) is 197 Å². The summed E-state index contributed by atoms with van der Waals surface area (Å²) in [4.78, 5) is 55.7. The molecule has 688 valence electrons. The van der Waals surface area contributed by atoms with E-state index in [1.165, 1.54) is 61.4 Å². The topological polar surface area (TPSA) is 366 Å². The molecule has 35 heteroatoms. The number of quaternary nitrogens is 1. The third-order valence-corrected chi connectivity index (χ3v) is 26.3. The monoisotopic (exact) mass is 1790 g/mol. The lowest BCUT2D eigenvalue weighted by Gasteiger charge is -2.39. The van der Waals surface area contributed by atoms with Crippen LogP contribution in [0.25, 0.3) is 33.5 Å². The van der Waals surface area contributed by atoms with Crippen LogP contribution in [0, 0.1) is 20.8 Å². The molecular formula is C97H119N28O7+. The molecule has 21 rings (SSSR count). The number of rotatable bonds is 23. The van der Waals surface area contributed by atoms with Gasteiger partial charge in [0, 0.05) is 145 Å². The van der Waals surface area contributed by atoms with Crippen molar-refractivity contribution in [2.75, 3.05) is 35.6 Å². The summed E-state index contributed by atoms with van der Waals surface area (Å²) in [5.74, 6) is 6.79. The maximum atomic E-state index is 12.4. The fraction of sp³-hybridized carbons (Fsp3) is 0.423. The molecule has 9 atom stereocenters. The number of amides is 2. The van der Waals surface area contributed by atoms with Crippen LogP contribution in [0.5, 0.6) is 34.5 Å². The van der Waals surface area contributed by atoms with Crippen molar-refractivity contribution in [2.24, 2.45) is 5.73 Å². The second-order valence-electron chi connectivity index (χ2n) is 37.7. The van der Waals surface area contributed by atoms with Gasteiger partial charge >= 0.3 is 12.2 Å². The summed E-state index contributed by atoms with van der Waals surface area (Å²) in [6.07, 6.45) is 33.6. The summed E-state index contributed by atoms with van der Waals surface area (Å²) in [6, 6.07) is 39.7. The van der Waals surface area contributed by atoms with Crippen molar-refractivity contribution >= 4 is 80.2 Å². The van der Waals surface area contributed by atoms with E-state index in [1.54, 1.807) is 32.5 Å². The van der Waals surface area contributed by atoms with Crippen LogP contribution >= 0.6 is 0 Å². The molecule has 12 aromatic heterocycles. The number of hydrogen-bond donors (Lipinski definition) is 7. The number of nitrogens with two attached hydrogens (primary N) is 1. The highest BCUT2D eigenvalue weighted by molar-refractivity contribution is 5.80. The number of pyridine rings is 3. The first kappa shape index (κ1) is 89.1. The summed E-state index contributed by atoms with van der Waals surface area (Å²) in [5, 5.41) is 45.9. The normalized spacial score (nSPS) is 20.0. The van der Waals surface area contributed by atoms with Crippen molar-refractivity contribution in [1.29, 1.82) is 0 Å². The molecule has 0 spiro atoms. The van der Waals surface area contributed by atoms with E-state index in [0.29, 0.717) is 59.5 Å². The number of aryl methyl sites for hydroxylation is 3. The molecule has 6 aliphatic heterocycles. The second kappa shape index (κ2) is 38.1. The highest BCUT2D eigenvalue weighted by Gasteiger charge is 2.43. The summed E-state index contributed by atoms with van der Waals surface area (Å²) in [6.45, 7) is 30.1. The Morgan fingerprint density at radius 3 is 1.09 bits per heavy atom. The SMILES string of the molecule is CC(C)(C)OC(=O)NC1C[C@H]2CC[C@@H](C1)N2.CC[N+](CC)(CC)Cc1ccn2ncnc(Nc3ccc(Oc4ccn5ncnc5c4)c(C)c3)c12.Cc1cc(Nc2ncnn3ccc(CN4[C@@H]5CC[C@H]4CC(N)C5)c23)ccc1Oc1ccn2ncnc2c1.Cc1cc(Nc2ncnn3ccc(CN4[C@@H]5CC[C@H]4CC(NC(=O)OC(C)(C)C)C5)c23)ccc1Oc1ccn2ncnc2c1. The Kier molecular flexibility index (Phi) is 25.8. The number of carbonyl (C=O) groups is 2. The number of aromatic nitrogens is 18. The van der Waals surface area contributed by atoms with Crippen molar-refractivity contribution in [3.05, 3.63) is 218 Å². The zero-order valence-corrected chi connectivity index (χ0v) is 77.1. The van der Waals surface area contributed by atoms with Gasteiger partial charge in [-0.05, 0) is 279 Å². The van der Waals surface area contributed by atoms with Gasteiger partial charge in [-0.1, -0.05) is 0 Å². The van der Waals surface area contributed by atoms with Gasteiger partial charge in [0.25, 0.3) is 0 Å². The van der Waals surface area contributed by atoms with E-state index in [9.17, 15) is 9.59 Å². The highest BCUT2D eigenvalue weighted by Crippen LogP contribution is 2.42. The largest absolute Gasteiger partial charge is 0.457 e. The van der Waals surface area contributed by atoms with E-state index >= 15 is 0 Å². The molecule has 8 N–H and O–H groups in total. The van der Waals surface area contributed by atoms with Crippen molar-refractivity contribution in [1.82, 2.24) is 113 Å². The molecule has 2 amide bonds.